The summed E-state index contributed by atoms with van der Waals surface area (Å²) in [5, 5.41) is 5.98. The number of rotatable bonds is 8. The molecule has 0 aliphatic carbocycles. The summed E-state index contributed by atoms with van der Waals surface area (Å²) in [6.07, 6.45) is 1.44. The van der Waals surface area contributed by atoms with Crippen molar-refractivity contribution in [2.45, 2.75) is 13.8 Å². The Kier molecular flexibility index (Phi) is 8.57. The van der Waals surface area contributed by atoms with E-state index in [1.165, 1.54) is 6.20 Å². The number of anilines is 3. The molecule has 0 saturated heterocycles. The summed E-state index contributed by atoms with van der Waals surface area (Å²) in [4.78, 5) is 45.8. The zero-order chi connectivity index (χ0) is 25.5. The summed E-state index contributed by atoms with van der Waals surface area (Å²) in [7, 11) is 3.58. The lowest BCUT2D eigenvalue weighted by atomic mass is 10.1. The zero-order valence-electron chi connectivity index (χ0n) is 20.1. The molecule has 0 atom stereocenters. The van der Waals surface area contributed by atoms with Crippen molar-refractivity contribution in [3.63, 3.8) is 0 Å². The van der Waals surface area contributed by atoms with Gasteiger partial charge in [0.15, 0.2) is 0 Å². The van der Waals surface area contributed by atoms with Crippen LogP contribution in [0.1, 0.15) is 33.2 Å². The van der Waals surface area contributed by atoms with Gasteiger partial charge < -0.3 is 15.5 Å². The van der Waals surface area contributed by atoms with Crippen molar-refractivity contribution in [2.75, 3.05) is 42.7 Å². The Morgan fingerprint density at radius 2 is 1.66 bits per heavy atom. The zero-order valence-corrected chi connectivity index (χ0v) is 20.9. The van der Waals surface area contributed by atoms with Gasteiger partial charge in [-0.3, -0.25) is 19.3 Å². The fourth-order valence-corrected chi connectivity index (χ4v) is 3.32. The minimum absolute atomic E-state index is 0.0444. The van der Waals surface area contributed by atoms with Crippen LogP contribution in [0.3, 0.4) is 0 Å². The van der Waals surface area contributed by atoms with E-state index in [-0.39, 0.29) is 11.8 Å². The second-order valence-corrected chi connectivity index (χ2v) is 8.59. The van der Waals surface area contributed by atoms with Gasteiger partial charge in [0.2, 0.25) is 5.91 Å². The molecule has 0 aliphatic heterocycles. The molecule has 3 amide bonds. The van der Waals surface area contributed by atoms with Gasteiger partial charge in [-0.1, -0.05) is 30.2 Å². The van der Waals surface area contributed by atoms with Crippen molar-refractivity contribution in [3.05, 3.63) is 82.5 Å². The molecule has 0 aliphatic rings. The number of hydrogen-bond donors (Lipinski definition) is 2. The lowest BCUT2D eigenvalue weighted by molar-refractivity contribution is -0.119. The highest BCUT2D eigenvalue weighted by Gasteiger charge is 2.17. The van der Waals surface area contributed by atoms with E-state index in [1.807, 2.05) is 31.9 Å². The first-order chi connectivity index (χ1) is 16.7. The standard InChI is InChI=1S/C26H28ClN5O3/c1-5-31(3)16-24(33)32(4)20-10-7-18(8-11-20)25(34)29-22-12-6-17(2)14-21(22)26(35)30-23-13-9-19(27)15-28-23/h6-15H,5,16H2,1-4H3,(H,29,34)(H,28,30,35). The van der Waals surface area contributed by atoms with E-state index in [1.54, 1.807) is 60.5 Å². The molecule has 0 fully saturated rings. The molecule has 3 aromatic rings. The van der Waals surface area contributed by atoms with Gasteiger partial charge in [-0.25, -0.2) is 4.98 Å². The molecular formula is C26H28ClN5O3. The number of halogens is 1. The fourth-order valence-electron chi connectivity index (χ4n) is 3.21. The first-order valence-corrected chi connectivity index (χ1v) is 11.5. The van der Waals surface area contributed by atoms with Gasteiger partial charge in [0.25, 0.3) is 11.8 Å². The first-order valence-electron chi connectivity index (χ1n) is 11.1. The molecule has 2 aromatic carbocycles. The predicted molar refractivity (Wildman–Crippen MR) is 139 cm³/mol. The Balaban J connectivity index is 1.73. The van der Waals surface area contributed by atoms with Crippen LogP contribution in [0.5, 0.6) is 0 Å². The molecule has 0 spiro atoms. The van der Waals surface area contributed by atoms with Gasteiger partial charge in [-0.2, -0.15) is 0 Å². The van der Waals surface area contributed by atoms with Crippen molar-refractivity contribution < 1.29 is 14.4 Å². The number of pyridine rings is 1. The van der Waals surface area contributed by atoms with Crippen LogP contribution in [0.25, 0.3) is 0 Å². The quantitative estimate of drug-likeness (QED) is 0.483. The molecule has 2 N–H and O–H groups in total. The molecule has 0 radical (unpaired) electrons. The van der Waals surface area contributed by atoms with E-state index in [2.05, 4.69) is 15.6 Å². The summed E-state index contributed by atoms with van der Waals surface area (Å²) in [5.41, 5.74) is 2.61. The highest BCUT2D eigenvalue weighted by Crippen LogP contribution is 2.21. The van der Waals surface area contributed by atoms with E-state index in [0.717, 1.165) is 12.1 Å². The maximum Gasteiger partial charge on any atom is 0.258 e. The van der Waals surface area contributed by atoms with Crippen LogP contribution < -0.4 is 15.5 Å². The highest BCUT2D eigenvalue weighted by atomic mass is 35.5. The van der Waals surface area contributed by atoms with Crippen LogP contribution in [-0.2, 0) is 4.79 Å². The van der Waals surface area contributed by atoms with Crippen LogP contribution in [0.15, 0.2) is 60.8 Å². The molecule has 0 bridgehead atoms. The van der Waals surface area contributed by atoms with Gasteiger partial charge >= 0.3 is 0 Å². The Hall–Kier alpha value is -3.75. The Morgan fingerprint density at radius 3 is 2.29 bits per heavy atom. The number of likely N-dealkylation sites (N-methyl/N-ethyl adjacent to an activating group) is 2. The first kappa shape index (κ1) is 25.9. The average Bonchev–Trinajstić information content (AvgIpc) is 2.85. The van der Waals surface area contributed by atoms with Crippen molar-refractivity contribution in [3.8, 4) is 0 Å². The molecule has 3 rings (SSSR count). The largest absolute Gasteiger partial charge is 0.321 e. The van der Waals surface area contributed by atoms with Crippen LogP contribution in [0.2, 0.25) is 5.02 Å². The Bertz CT molecular complexity index is 1210. The maximum absolute atomic E-state index is 12.9. The van der Waals surface area contributed by atoms with Crippen molar-refractivity contribution in [1.82, 2.24) is 9.88 Å². The van der Waals surface area contributed by atoms with Crippen molar-refractivity contribution >= 4 is 46.5 Å². The summed E-state index contributed by atoms with van der Waals surface area (Å²) in [6, 6.07) is 15.1. The number of carbonyl (C=O) groups is 3. The molecule has 1 aromatic heterocycles. The number of hydrogen-bond acceptors (Lipinski definition) is 5. The van der Waals surface area contributed by atoms with E-state index < -0.39 is 5.91 Å². The van der Waals surface area contributed by atoms with Crippen LogP contribution in [-0.4, -0.2) is 54.8 Å². The van der Waals surface area contributed by atoms with Crippen molar-refractivity contribution in [2.24, 2.45) is 0 Å². The topological polar surface area (TPSA) is 94.6 Å². The minimum Gasteiger partial charge on any atom is -0.321 e. The number of nitrogens with one attached hydrogen (secondary N) is 2. The molecule has 8 nitrogen and oxygen atoms in total. The summed E-state index contributed by atoms with van der Waals surface area (Å²) in [6.45, 7) is 4.92. The van der Waals surface area contributed by atoms with Gasteiger partial charge in [0.05, 0.1) is 22.8 Å². The summed E-state index contributed by atoms with van der Waals surface area (Å²) < 4.78 is 0. The predicted octanol–water partition coefficient (Wildman–Crippen LogP) is 4.46. The smallest absolute Gasteiger partial charge is 0.258 e. The molecule has 0 unspecified atom stereocenters. The fraction of sp³-hybridized carbons (Fsp3) is 0.231. The summed E-state index contributed by atoms with van der Waals surface area (Å²) in [5.74, 6) is -0.486. The second-order valence-electron chi connectivity index (χ2n) is 8.15. The number of carbonyl (C=O) groups excluding carboxylic acids is 3. The lowest BCUT2D eigenvalue weighted by Gasteiger charge is -2.21. The highest BCUT2D eigenvalue weighted by molar-refractivity contribution is 6.30. The lowest BCUT2D eigenvalue weighted by Crippen LogP contribution is -2.36. The van der Waals surface area contributed by atoms with Gasteiger partial charge in [0, 0.05) is 24.5 Å². The van der Waals surface area contributed by atoms with E-state index in [9.17, 15) is 14.4 Å². The van der Waals surface area contributed by atoms with Gasteiger partial charge in [0.1, 0.15) is 5.82 Å². The van der Waals surface area contributed by atoms with Gasteiger partial charge in [-0.05, 0) is 69.0 Å². The van der Waals surface area contributed by atoms with Crippen LogP contribution in [0.4, 0.5) is 17.2 Å². The Morgan fingerprint density at radius 1 is 0.943 bits per heavy atom. The van der Waals surface area contributed by atoms with Crippen LogP contribution in [0, 0.1) is 6.92 Å². The molecule has 9 heteroatoms. The minimum atomic E-state index is -0.411. The van der Waals surface area contributed by atoms with E-state index >= 15 is 0 Å². The number of aromatic nitrogens is 1. The normalized spacial score (nSPS) is 10.7. The average molecular weight is 494 g/mol. The molecular weight excluding hydrogens is 466 g/mol. The maximum atomic E-state index is 12.9. The number of nitrogens with zero attached hydrogens (tertiary/aromatic N) is 3. The molecule has 1 heterocycles. The van der Waals surface area contributed by atoms with Gasteiger partial charge in [-0.15, -0.1) is 0 Å². The Labute approximate surface area is 209 Å². The molecule has 35 heavy (non-hydrogen) atoms. The monoisotopic (exact) mass is 493 g/mol. The second kappa shape index (κ2) is 11.6. The number of amides is 3. The molecule has 182 valence electrons. The third-order valence-electron chi connectivity index (χ3n) is 5.47. The van der Waals surface area contributed by atoms with E-state index in [4.69, 9.17) is 11.6 Å². The molecule has 0 saturated carbocycles. The third-order valence-corrected chi connectivity index (χ3v) is 5.70. The number of aryl methyl sites for hydroxylation is 1. The van der Waals surface area contributed by atoms with E-state index in [0.29, 0.717) is 39.9 Å². The van der Waals surface area contributed by atoms with Crippen LogP contribution >= 0.6 is 11.6 Å². The summed E-state index contributed by atoms with van der Waals surface area (Å²) >= 11 is 5.85. The SMILES string of the molecule is CCN(C)CC(=O)N(C)c1ccc(C(=O)Nc2ccc(C)cc2C(=O)Nc2ccc(Cl)cn2)cc1. The third kappa shape index (κ3) is 6.88. The number of benzene rings is 2. The van der Waals surface area contributed by atoms with Crippen molar-refractivity contribution in [1.29, 1.82) is 0 Å².